The van der Waals surface area contributed by atoms with Crippen molar-refractivity contribution in [3.63, 3.8) is 0 Å². The summed E-state index contributed by atoms with van der Waals surface area (Å²) in [6.07, 6.45) is 26.5. The number of unbranched alkanes of at least 4 members (excludes halogenated alkanes) is 8. The van der Waals surface area contributed by atoms with E-state index >= 15 is 0 Å². The predicted octanol–water partition coefficient (Wildman–Crippen LogP) is 6.60. The average Bonchev–Trinajstić information content (AvgIpc) is 2.39. The zero-order chi connectivity index (χ0) is 13.3. The molecule has 0 atom stereocenters. The molecule has 0 aromatic carbocycles. The van der Waals surface area contributed by atoms with E-state index in [0.29, 0.717) is 0 Å². The molecular weight excluding hydrogens is 216 g/mol. The van der Waals surface area contributed by atoms with E-state index in [0.717, 1.165) is 0 Å². The lowest BCUT2D eigenvalue weighted by Gasteiger charge is -1.97. The minimum atomic E-state index is 1.21. The predicted molar refractivity (Wildman–Crippen MR) is 84.9 cm³/mol. The quantitative estimate of drug-likeness (QED) is 0.270. The molecule has 0 aliphatic rings. The average molecular weight is 248 g/mol. The second-order valence-electron chi connectivity index (χ2n) is 4.94. The molecule has 0 aliphatic heterocycles. The first kappa shape index (κ1) is 17.2. The fourth-order valence-corrected chi connectivity index (χ4v) is 1.84. The van der Waals surface area contributed by atoms with Crippen LogP contribution in [0.1, 0.15) is 78.1 Å². The molecule has 0 saturated heterocycles. The fraction of sp³-hybridized carbons (Fsp3) is 0.667. The maximum atomic E-state index is 2.29. The van der Waals surface area contributed by atoms with Crippen LogP contribution in [-0.2, 0) is 0 Å². The summed E-state index contributed by atoms with van der Waals surface area (Å²) >= 11 is 0. The Hall–Kier alpha value is -0.780. The smallest absolute Gasteiger partial charge is 0.0348 e. The third-order valence-corrected chi connectivity index (χ3v) is 3.05. The Morgan fingerprint density at radius 2 is 1.00 bits per heavy atom. The van der Waals surface area contributed by atoms with Crippen molar-refractivity contribution < 1.29 is 0 Å². The molecule has 0 aromatic rings. The third kappa shape index (κ3) is 15.2. The highest BCUT2D eigenvalue weighted by molar-refractivity contribution is 5.10. The van der Waals surface area contributed by atoms with E-state index in [1.807, 2.05) is 0 Å². The van der Waals surface area contributed by atoms with Gasteiger partial charge in [0.1, 0.15) is 0 Å². The standard InChI is InChI=1S/C18H32/c1-3-5-7-9-11-13-15-17-18-16-14-12-10-8-6-4-2/h9,11,13,15,17-18H,3-8,10,12,14,16H2,1-2H3/b11-9-,15-13+,18-17-. The lowest BCUT2D eigenvalue weighted by molar-refractivity contribution is 0.611. The zero-order valence-corrected chi connectivity index (χ0v) is 12.5. The summed E-state index contributed by atoms with van der Waals surface area (Å²) in [6.45, 7) is 4.50. The number of rotatable bonds is 12. The van der Waals surface area contributed by atoms with Crippen LogP contribution in [0.4, 0.5) is 0 Å². The maximum Gasteiger partial charge on any atom is -0.0348 e. The second kappa shape index (κ2) is 16.2. The normalized spacial score (nSPS) is 12.3. The molecule has 18 heavy (non-hydrogen) atoms. The van der Waals surface area contributed by atoms with E-state index < -0.39 is 0 Å². The van der Waals surface area contributed by atoms with E-state index in [9.17, 15) is 0 Å². The van der Waals surface area contributed by atoms with Crippen molar-refractivity contribution in [2.75, 3.05) is 0 Å². The van der Waals surface area contributed by atoms with Crippen LogP contribution in [0.3, 0.4) is 0 Å². The van der Waals surface area contributed by atoms with E-state index in [2.05, 4.69) is 50.3 Å². The molecule has 0 radical (unpaired) electrons. The highest BCUT2D eigenvalue weighted by Crippen LogP contribution is 2.07. The van der Waals surface area contributed by atoms with Crippen molar-refractivity contribution in [2.24, 2.45) is 0 Å². The summed E-state index contributed by atoms with van der Waals surface area (Å²) in [4.78, 5) is 0. The molecule has 0 heteroatoms. The molecule has 0 nitrogen and oxygen atoms in total. The van der Waals surface area contributed by atoms with Gasteiger partial charge < -0.3 is 0 Å². The van der Waals surface area contributed by atoms with Gasteiger partial charge in [0.25, 0.3) is 0 Å². The van der Waals surface area contributed by atoms with E-state index in [4.69, 9.17) is 0 Å². The van der Waals surface area contributed by atoms with Crippen LogP contribution in [0, 0.1) is 0 Å². The van der Waals surface area contributed by atoms with Crippen LogP contribution in [0.15, 0.2) is 36.5 Å². The van der Waals surface area contributed by atoms with Gasteiger partial charge in [-0.1, -0.05) is 95.2 Å². The topological polar surface area (TPSA) is 0 Å². The minimum absolute atomic E-state index is 1.21. The van der Waals surface area contributed by atoms with Crippen LogP contribution < -0.4 is 0 Å². The number of allylic oxidation sites excluding steroid dienone is 6. The Labute approximate surface area is 115 Å². The molecule has 0 N–H and O–H groups in total. The molecule has 0 spiro atoms. The SMILES string of the molecule is CCCC\C=C/C=C/C=C\CCCCCCCC. The summed E-state index contributed by atoms with van der Waals surface area (Å²) in [7, 11) is 0. The van der Waals surface area contributed by atoms with Gasteiger partial charge in [-0.2, -0.15) is 0 Å². The van der Waals surface area contributed by atoms with Crippen LogP contribution >= 0.6 is 0 Å². The molecule has 0 saturated carbocycles. The van der Waals surface area contributed by atoms with Gasteiger partial charge in [-0.25, -0.2) is 0 Å². The van der Waals surface area contributed by atoms with Crippen molar-refractivity contribution >= 4 is 0 Å². The molecule has 0 rings (SSSR count). The Kier molecular flexibility index (Phi) is 15.5. The molecule has 0 aromatic heterocycles. The molecule has 0 heterocycles. The summed E-state index contributed by atoms with van der Waals surface area (Å²) in [6, 6.07) is 0. The Morgan fingerprint density at radius 1 is 0.500 bits per heavy atom. The molecule has 0 unspecified atom stereocenters. The Bertz CT molecular complexity index is 220. The largest absolute Gasteiger partial charge is 0.0845 e. The van der Waals surface area contributed by atoms with E-state index in [1.54, 1.807) is 0 Å². The van der Waals surface area contributed by atoms with Crippen molar-refractivity contribution in [2.45, 2.75) is 78.1 Å². The summed E-state index contributed by atoms with van der Waals surface area (Å²) in [5, 5.41) is 0. The maximum absolute atomic E-state index is 2.29. The van der Waals surface area contributed by atoms with Crippen LogP contribution in [-0.4, -0.2) is 0 Å². The third-order valence-electron chi connectivity index (χ3n) is 3.05. The van der Waals surface area contributed by atoms with E-state index in [-0.39, 0.29) is 0 Å². The summed E-state index contributed by atoms with van der Waals surface area (Å²) in [5.74, 6) is 0. The van der Waals surface area contributed by atoms with Crippen molar-refractivity contribution in [1.82, 2.24) is 0 Å². The number of hydrogen-bond acceptors (Lipinski definition) is 0. The van der Waals surface area contributed by atoms with E-state index in [1.165, 1.54) is 64.2 Å². The first-order valence-corrected chi connectivity index (χ1v) is 7.90. The van der Waals surface area contributed by atoms with Gasteiger partial charge in [-0.3, -0.25) is 0 Å². The van der Waals surface area contributed by atoms with Gasteiger partial charge in [0.2, 0.25) is 0 Å². The van der Waals surface area contributed by atoms with Crippen LogP contribution in [0.5, 0.6) is 0 Å². The van der Waals surface area contributed by atoms with Gasteiger partial charge in [-0.15, -0.1) is 0 Å². The highest BCUT2D eigenvalue weighted by atomic mass is 13.9. The highest BCUT2D eigenvalue weighted by Gasteiger charge is 1.87. The zero-order valence-electron chi connectivity index (χ0n) is 12.5. The monoisotopic (exact) mass is 248 g/mol. The number of hydrogen-bond donors (Lipinski definition) is 0. The van der Waals surface area contributed by atoms with Gasteiger partial charge >= 0.3 is 0 Å². The Balaban J connectivity index is 3.26. The van der Waals surface area contributed by atoms with Crippen LogP contribution in [0.2, 0.25) is 0 Å². The molecule has 0 amide bonds. The fourth-order valence-electron chi connectivity index (χ4n) is 1.84. The minimum Gasteiger partial charge on any atom is -0.0845 e. The molecule has 0 aliphatic carbocycles. The van der Waals surface area contributed by atoms with Crippen LogP contribution in [0.25, 0.3) is 0 Å². The van der Waals surface area contributed by atoms with Crippen molar-refractivity contribution in [1.29, 1.82) is 0 Å². The van der Waals surface area contributed by atoms with Gasteiger partial charge in [0, 0.05) is 0 Å². The summed E-state index contributed by atoms with van der Waals surface area (Å²) in [5.41, 5.74) is 0. The first-order chi connectivity index (χ1) is 8.91. The molecular formula is C18H32. The van der Waals surface area contributed by atoms with Gasteiger partial charge in [0.15, 0.2) is 0 Å². The Morgan fingerprint density at radius 3 is 1.61 bits per heavy atom. The molecule has 104 valence electrons. The van der Waals surface area contributed by atoms with Gasteiger partial charge in [0.05, 0.1) is 0 Å². The lowest BCUT2D eigenvalue weighted by Crippen LogP contribution is -1.77. The first-order valence-electron chi connectivity index (χ1n) is 7.90. The second-order valence-corrected chi connectivity index (χ2v) is 4.94. The molecule has 0 fully saturated rings. The molecule has 0 bridgehead atoms. The summed E-state index contributed by atoms with van der Waals surface area (Å²) < 4.78 is 0. The van der Waals surface area contributed by atoms with Crippen molar-refractivity contribution in [3.8, 4) is 0 Å². The lowest BCUT2D eigenvalue weighted by atomic mass is 10.1. The van der Waals surface area contributed by atoms with Gasteiger partial charge in [-0.05, 0) is 19.3 Å². The van der Waals surface area contributed by atoms with Crippen molar-refractivity contribution in [3.05, 3.63) is 36.5 Å².